The fourth-order valence-electron chi connectivity index (χ4n) is 5.53. The Hall–Kier alpha value is -5.28. The Kier molecular flexibility index (Phi) is 4.82. The minimum atomic E-state index is 0.906. The molecule has 0 bridgehead atoms. The van der Waals surface area contributed by atoms with Crippen LogP contribution in [0.2, 0.25) is 0 Å². The van der Waals surface area contributed by atoms with Crippen LogP contribution in [-0.4, -0.2) is 9.97 Å². The van der Waals surface area contributed by atoms with E-state index >= 15 is 0 Å². The number of para-hydroxylation sites is 1. The molecule has 0 unspecified atom stereocenters. The summed E-state index contributed by atoms with van der Waals surface area (Å²) in [5.74, 6) is 0. The lowest BCUT2D eigenvalue weighted by Gasteiger charge is -2.09. The number of fused-ring (bicyclic) bond motifs is 6. The largest absolute Gasteiger partial charge is 0.456 e. The predicted molar refractivity (Wildman–Crippen MR) is 161 cm³/mol. The second kappa shape index (κ2) is 8.64. The molecule has 3 aromatic heterocycles. The van der Waals surface area contributed by atoms with Crippen LogP contribution < -0.4 is 0 Å². The van der Waals surface area contributed by atoms with E-state index in [-0.39, 0.29) is 0 Å². The Bertz CT molecular complexity index is 2160. The van der Waals surface area contributed by atoms with Crippen molar-refractivity contribution in [3.8, 4) is 33.6 Å². The van der Waals surface area contributed by atoms with Crippen LogP contribution in [-0.2, 0) is 0 Å². The highest BCUT2D eigenvalue weighted by Gasteiger charge is 2.13. The molecule has 0 saturated carbocycles. The van der Waals surface area contributed by atoms with Gasteiger partial charge in [-0.05, 0) is 35.4 Å². The van der Waals surface area contributed by atoms with Crippen LogP contribution in [0.5, 0.6) is 0 Å². The van der Waals surface area contributed by atoms with E-state index in [0.29, 0.717) is 0 Å². The lowest BCUT2D eigenvalue weighted by molar-refractivity contribution is 0.669. The van der Waals surface area contributed by atoms with E-state index in [1.807, 2.05) is 36.4 Å². The maximum absolute atomic E-state index is 6.10. The Morgan fingerprint density at radius 3 is 1.69 bits per heavy atom. The molecule has 3 heteroatoms. The zero-order valence-electron chi connectivity index (χ0n) is 21.0. The molecule has 0 aliphatic rings. The van der Waals surface area contributed by atoms with Crippen molar-refractivity contribution in [1.82, 2.24) is 9.97 Å². The van der Waals surface area contributed by atoms with Crippen molar-refractivity contribution in [1.29, 1.82) is 0 Å². The minimum absolute atomic E-state index is 0.906. The highest BCUT2D eigenvalue weighted by atomic mass is 16.3. The number of furan rings is 1. The maximum Gasteiger partial charge on any atom is 0.136 e. The molecule has 182 valence electrons. The van der Waals surface area contributed by atoms with Crippen molar-refractivity contribution in [2.75, 3.05) is 0 Å². The molecule has 8 aromatic rings. The third-order valence-electron chi connectivity index (χ3n) is 7.48. The van der Waals surface area contributed by atoms with Crippen LogP contribution >= 0.6 is 0 Å². The normalized spacial score (nSPS) is 11.6. The van der Waals surface area contributed by atoms with Crippen LogP contribution in [0.25, 0.3) is 77.4 Å². The molecule has 0 atom stereocenters. The Morgan fingerprint density at radius 1 is 0.410 bits per heavy atom. The summed E-state index contributed by atoms with van der Waals surface area (Å²) in [6.45, 7) is 0. The summed E-state index contributed by atoms with van der Waals surface area (Å²) < 4.78 is 6.10. The van der Waals surface area contributed by atoms with E-state index in [9.17, 15) is 0 Å². The molecule has 0 aliphatic heterocycles. The first-order valence-electron chi connectivity index (χ1n) is 13.1. The van der Waals surface area contributed by atoms with Gasteiger partial charge in [-0.3, -0.25) is 0 Å². The summed E-state index contributed by atoms with van der Waals surface area (Å²) >= 11 is 0. The van der Waals surface area contributed by atoms with E-state index in [1.165, 1.54) is 5.56 Å². The van der Waals surface area contributed by atoms with Gasteiger partial charge in [-0.15, -0.1) is 0 Å². The number of aromatic nitrogens is 2. The van der Waals surface area contributed by atoms with Gasteiger partial charge in [0.15, 0.2) is 0 Å². The summed E-state index contributed by atoms with van der Waals surface area (Å²) in [6.07, 6.45) is 0. The molecular weight excluding hydrogens is 476 g/mol. The third-order valence-corrected chi connectivity index (χ3v) is 7.48. The quantitative estimate of drug-likeness (QED) is 0.228. The van der Waals surface area contributed by atoms with Gasteiger partial charge in [-0.1, -0.05) is 109 Å². The molecular formula is C36H22N2O. The fraction of sp³-hybridized carbons (Fsp3) is 0. The molecule has 0 amide bonds. The SMILES string of the molecule is c1ccc(-c2ccc3ccc4ccc(-c5ccc(-c6cccc7oc8ccccc8c67)cc5)nc4c3n2)cc1. The molecule has 8 rings (SSSR count). The number of rotatable bonds is 3. The molecule has 0 fully saturated rings. The van der Waals surface area contributed by atoms with Gasteiger partial charge in [-0.25, -0.2) is 9.97 Å². The van der Waals surface area contributed by atoms with Crippen LogP contribution in [0.4, 0.5) is 0 Å². The molecule has 0 spiro atoms. The molecule has 5 aromatic carbocycles. The van der Waals surface area contributed by atoms with E-state index in [4.69, 9.17) is 14.4 Å². The second-order valence-electron chi connectivity index (χ2n) is 9.82. The third kappa shape index (κ3) is 3.59. The van der Waals surface area contributed by atoms with Gasteiger partial charge in [0.2, 0.25) is 0 Å². The van der Waals surface area contributed by atoms with Crippen LogP contribution in [0, 0.1) is 0 Å². The summed E-state index contributed by atoms with van der Waals surface area (Å²) in [7, 11) is 0. The van der Waals surface area contributed by atoms with Crippen LogP contribution in [0.1, 0.15) is 0 Å². The Balaban J connectivity index is 1.23. The number of hydrogen-bond acceptors (Lipinski definition) is 3. The van der Waals surface area contributed by atoms with Crippen molar-refractivity contribution < 1.29 is 4.42 Å². The Labute approximate surface area is 225 Å². The first-order chi connectivity index (χ1) is 19.3. The van der Waals surface area contributed by atoms with Crippen molar-refractivity contribution in [3.05, 3.63) is 133 Å². The molecule has 3 nitrogen and oxygen atoms in total. The molecule has 39 heavy (non-hydrogen) atoms. The summed E-state index contributed by atoms with van der Waals surface area (Å²) in [5, 5.41) is 4.45. The maximum atomic E-state index is 6.10. The van der Waals surface area contributed by atoms with E-state index < -0.39 is 0 Å². The first kappa shape index (κ1) is 21.8. The minimum Gasteiger partial charge on any atom is -0.456 e. The zero-order chi connectivity index (χ0) is 25.8. The van der Waals surface area contributed by atoms with E-state index in [1.54, 1.807) is 0 Å². The van der Waals surface area contributed by atoms with Gasteiger partial charge in [0, 0.05) is 32.7 Å². The summed E-state index contributed by atoms with van der Waals surface area (Å²) in [6, 6.07) is 46.1. The van der Waals surface area contributed by atoms with Crippen LogP contribution in [0.3, 0.4) is 0 Å². The standard InChI is InChI=1S/C36H22N2O/c1-2-7-24(8-3-1)30-21-19-26-17-18-27-20-22-31(38-36(27)35(26)37-30)25-15-13-23(14-16-25)28-10-6-12-33-34(28)29-9-4-5-11-32(29)39-33/h1-22H. The smallest absolute Gasteiger partial charge is 0.136 e. The monoisotopic (exact) mass is 498 g/mol. The molecule has 0 aliphatic carbocycles. The molecule has 3 heterocycles. The average Bonchev–Trinajstić information content (AvgIpc) is 3.40. The van der Waals surface area contributed by atoms with Crippen molar-refractivity contribution in [3.63, 3.8) is 0 Å². The van der Waals surface area contributed by atoms with Crippen LogP contribution in [0.15, 0.2) is 138 Å². The van der Waals surface area contributed by atoms with E-state index in [0.717, 1.165) is 71.8 Å². The lowest BCUT2D eigenvalue weighted by Crippen LogP contribution is -1.91. The van der Waals surface area contributed by atoms with Gasteiger partial charge in [-0.2, -0.15) is 0 Å². The van der Waals surface area contributed by atoms with Crippen molar-refractivity contribution in [2.45, 2.75) is 0 Å². The Morgan fingerprint density at radius 2 is 0.974 bits per heavy atom. The van der Waals surface area contributed by atoms with Gasteiger partial charge in [0.1, 0.15) is 11.2 Å². The second-order valence-corrected chi connectivity index (χ2v) is 9.82. The highest BCUT2D eigenvalue weighted by molar-refractivity contribution is 6.12. The zero-order valence-corrected chi connectivity index (χ0v) is 21.0. The topological polar surface area (TPSA) is 38.9 Å². The average molecular weight is 499 g/mol. The first-order valence-corrected chi connectivity index (χ1v) is 13.1. The van der Waals surface area contributed by atoms with Crippen molar-refractivity contribution >= 4 is 43.7 Å². The summed E-state index contributed by atoms with van der Waals surface area (Å²) in [5.41, 5.74) is 10.0. The van der Waals surface area contributed by atoms with Gasteiger partial charge in [0.25, 0.3) is 0 Å². The van der Waals surface area contributed by atoms with Crippen molar-refractivity contribution in [2.24, 2.45) is 0 Å². The summed E-state index contributed by atoms with van der Waals surface area (Å²) in [4.78, 5) is 10.2. The molecule has 0 saturated heterocycles. The highest BCUT2D eigenvalue weighted by Crippen LogP contribution is 2.37. The van der Waals surface area contributed by atoms with E-state index in [2.05, 4.69) is 97.1 Å². The van der Waals surface area contributed by atoms with Gasteiger partial charge in [0.05, 0.1) is 22.4 Å². The number of benzene rings is 5. The lowest BCUT2D eigenvalue weighted by atomic mass is 9.98. The predicted octanol–water partition coefficient (Wildman–Crippen LogP) is 9.68. The van der Waals surface area contributed by atoms with Gasteiger partial charge < -0.3 is 4.42 Å². The molecule has 0 radical (unpaired) electrons. The fourth-order valence-corrected chi connectivity index (χ4v) is 5.53. The molecule has 0 N–H and O–H groups in total. The number of pyridine rings is 2. The van der Waals surface area contributed by atoms with Gasteiger partial charge >= 0.3 is 0 Å². The number of hydrogen-bond donors (Lipinski definition) is 0. The number of nitrogens with zero attached hydrogens (tertiary/aromatic N) is 2.